The topological polar surface area (TPSA) is 73.8 Å². The average Bonchev–Trinajstić information content (AvgIpc) is 3.52. The van der Waals surface area contributed by atoms with Gasteiger partial charge in [-0.2, -0.15) is 28.5 Å². The van der Waals surface area contributed by atoms with Crippen molar-refractivity contribution in [3.05, 3.63) is 71.1 Å². The Hall–Kier alpha value is -3.96. The number of halogens is 4. The molecule has 3 aromatic heterocycles. The number of nitrogens with zero attached hydrogens (tertiary/aromatic N) is 7. The van der Waals surface area contributed by atoms with Crippen molar-refractivity contribution in [2.24, 2.45) is 14.1 Å². The fourth-order valence-corrected chi connectivity index (χ4v) is 4.61. The molecule has 5 rings (SSSR count). The number of amides is 1. The summed E-state index contributed by atoms with van der Waals surface area (Å²) in [5, 5.41) is 12.3. The van der Waals surface area contributed by atoms with Crippen LogP contribution in [-0.4, -0.2) is 46.7 Å². The summed E-state index contributed by atoms with van der Waals surface area (Å²) in [5.41, 5.74) is 1.75. The minimum Gasteiger partial charge on any atom is -0.330 e. The summed E-state index contributed by atoms with van der Waals surface area (Å²) in [5.74, 6) is -0.938. The predicted octanol–water partition coefficient (Wildman–Crippen LogP) is 3.92. The Balaban J connectivity index is 1.52. The largest absolute Gasteiger partial charge is 0.435 e. The van der Waals surface area contributed by atoms with E-state index in [2.05, 4.69) is 15.3 Å². The van der Waals surface area contributed by atoms with Crippen LogP contribution in [0.1, 0.15) is 40.3 Å². The molecular weight excluding hydrogens is 466 g/mol. The molecule has 35 heavy (non-hydrogen) atoms. The van der Waals surface area contributed by atoms with Crippen LogP contribution in [0.3, 0.4) is 0 Å². The van der Waals surface area contributed by atoms with Gasteiger partial charge in [0, 0.05) is 38.6 Å². The van der Waals surface area contributed by atoms with Gasteiger partial charge in [0.15, 0.2) is 5.69 Å². The lowest BCUT2D eigenvalue weighted by atomic mass is 9.96. The molecule has 8 nitrogen and oxygen atoms in total. The molecule has 0 radical (unpaired) electrons. The van der Waals surface area contributed by atoms with Crippen molar-refractivity contribution in [1.82, 2.24) is 34.2 Å². The third-order valence-corrected chi connectivity index (χ3v) is 6.26. The highest BCUT2D eigenvalue weighted by molar-refractivity contribution is 5.98. The molecule has 0 fully saturated rings. The third-order valence-electron chi connectivity index (χ3n) is 6.26. The summed E-state index contributed by atoms with van der Waals surface area (Å²) < 4.78 is 58.0. The van der Waals surface area contributed by atoms with Gasteiger partial charge in [0.2, 0.25) is 0 Å². The van der Waals surface area contributed by atoms with Gasteiger partial charge in [0.25, 0.3) is 5.91 Å². The Morgan fingerprint density at radius 3 is 2.54 bits per heavy atom. The van der Waals surface area contributed by atoms with Gasteiger partial charge in [-0.15, -0.1) is 0 Å². The van der Waals surface area contributed by atoms with E-state index in [0.29, 0.717) is 23.5 Å². The Bertz CT molecular complexity index is 1420. The summed E-state index contributed by atoms with van der Waals surface area (Å²) in [6.45, 7) is 2.08. The van der Waals surface area contributed by atoms with Gasteiger partial charge in [-0.3, -0.25) is 14.2 Å². The molecule has 0 spiro atoms. The van der Waals surface area contributed by atoms with E-state index in [-0.39, 0.29) is 23.7 Å². The second kappa shape index (κ2) is 8.07. The van der Waals surface area contributed by atoms with Crippen molar-refractivity contribution in [3.8, 4) is 17.1 Å². The highest BCUT2D eigenvalue weighted by atomic mass is 19.4. The van der Waals surface area contributed by atoms with Crippen molar-refractivity contribution in [2.45, 2.75) is 25.6 Å². The quantitative estimate of drug-likeness (QED) is 0.411. The first-order chi connectivity index (χ1) is 16.6. The van der Waals surface area contributed by atoms with Gasteiger partial charge in [-0.25, -0.2) is 9.07 Å². The van der Waals surface area contributed by atoms with E-state index < -0.39 is 23.7 Å². The van der Waals surface area contributed by atoms with E-state index >= 15 is 0 Å². The number of hydrogen-bond donors (Lipinski definition) is 0. The highest BCUT2D eigenvalue weighted by Crippen LogP contribution is 2.38. The summed E-state index contributed by atoms with van der Waals surface area (Å²) in [6.07, 6.45) is -0.975. The molecule has 0 unspecified atom stereocenters. The monoisotopic (exact) mass is 487 g/mol. The molecular formula is C23H21F4N7O. The fourth-order valence-electron chi connectivity index (χ4n) is 4.61. The van der Waals surface area contributed by atoms with Crippen LogP contribution in [0, 0.1) is 5.82 Å². The van der Waals surface area contributed by atoms with Crippen molar-refractivity contribution in [3.63, 3.8) is 0 Å². The number of benzene rings is 1. The van der Waals surface area contributed by atoms with Crippen molar-refractivity contribution in [1.29, 1.82) is 0 Å². The van der Waals surface area contributed by atoms with Crippen molar-refractivity contribution >= 4 is 5.91 Å². The van der Waals surface area contributed by atoms with Crippen molar-refractivity contribution < 1.29 is 22.4 Å². The first kappa shape index (κ1) is 22.8. The van der Waals surface area contributed by atoms with Gasteiger partial charge < -0.3 is 4.90 Å². The van der Waals surface area contributed by atoms with Crippen LogP contribution in [0.5, 0.6) is 0 Å². The van der Waals surface area contributed by atoms with E-state index in [1.807, 2.05) is 0 Å². The summed E-state index contributed by atoms with van der Waals surface area (Å²) in [6, 6.07) is 6.15. The SMILES string of the molecule is C[C@H]1c2nn(C)c(-c3cc(C(F)(F)F)nn3C)c2CCN1C(=O)c1cc(F)ccc1-n1cccn1. The van der Waals surface area contributed by atoms with Gasteiger partial charge in [0.1, 0.15) is 5.82 Å². The van der Waals surface area contributed by atoms with Gasteiger partial charge in [-0.05, 0) is 43.7 Å². The number of carbonyl (C=O) groups excluding carboxylic acids is 1. The smallest absolute Gasteiger partial charge is 0.330 e. The lowest BCUT2D eigenvalue weighted by Crippen LogP contribution is -2.39. The molecule has 4 heterocycles. The Morgan fingerprint density at radius 1 is 1.11 bits per heavy atom. The zero-order valence-electron chi connectivity index (χ0n) is 19.1. The number of fused-ring (bicyclic) bond motifs is 1. The van der Waals surface area contributed by atoms with Crippen LogP contribution < -0.4 is 0 Å². The van der Waals surface area contributed by atoms with Gasteiger partial charge in [-0.1, -0.05) is 0 Å². The van der Waals surface area contributed by atoms with E-state index in [1.165, 1.54) is 39.3 Å². The van der Waals surface area contributed by atoms with E-state index in [0.717, 1.165) is 11.6 Å². The molecule has 0 N–H and O–H groups in total. The Labute approximate surface area is 197 Å². The summed E-state index contributed by atoms with van der Waals surface area (Å²) in [4.78, 5) is 15.2. The highest BCUT2D eigenvalue weighted by Gasteiger charge is 2.38. The number of aryl methyl sites for hydroxylation is 2. The first-order valence-electron chi connectivity index (χ1n) is 10.8. The Morgan fingerprint density at radius 2 is 1.89 bits per heavy atom. The molecule has 0 saturated carbocycles. The maximum absolute atomic E-state index is 14.1. The second-order valence-corrected chi connectivity index (χ2v) is 8.41. The standard InChI is InChI=1S/C23H21F4N7O/c1-13-20-15(21(32(3)30-20)18-12-19(23(25,26)27)29-31(18)2)7-10-33(13)22(35)16-11-14(24)5-6-17(16)34-9-4-8-28-34/h4-6,8-9,11-13H,7,10H2,1-3H3/t13-/m0/s1. The van der Waals surface area contributed by atoms with Gasteiger partial charge >= 0.3 is 6.18 Å². The molecule has 0 saturated heterocycles. The fraction of sp³-hybridized carbons (Fsp3) is 0.304. The van der Waals surface area contributed by atoms with E-state index in [1.54, 1.807) is 37.3 Å². The van der Waals surface area contributed by atoms with Crippen LogP contribution in [0.4, 0.5) is 17.6 Å². The molecule has 1 amide bonds. The zero-order valence-corrected chi connectivity index (χ0v) is 19.1. The van der Waals surface area contributed by atoms with Crippen molar-refractivity contribution in [2.75, 3.05) is 6.54 Å². The average molecular weight is 487 g/mol. The zero-order chi connectivity index (χ0) is 25.1. The predicted molar refractivity (Wildman–Crippen MR) is 117 cm³/mol. The number of aromatic nitrogens is 6. The summed E-state index contributed by atoms with van der Waals surface area (Å²) >= 11 is 0. The number of carbonyl (C=O) groups is 1. The maximum atomic E-state index is 14.1. The first-order valence-corrected chi connectivity index (χ1v) is 10.8. The summed E-state index contributed by atoms with van der Waals surface area (Å²) in [7, 11) is 3.10. The molecule has 1 aliphatic rings. The maximum Gasteiger partial charge on any atom is 0.435 e. The van der Waals surface area contributed by atoms with Crippen LogP contribution >= 0.6 is 0 Å². The molecule has 1 aromatic carbocycles. The molecule has 182 valence electrons. The molecule has 0 bridgehead atoms. The lowest BCUT2D eigenvalue weighted by Gasteiger charge is -2.33. The molecule has 1 aliphatic heterocycles. The molecule has 12 heteroatoms. The number of rotatable bonds is 3. The minimum absolute atomic E-state index is 0.154. The second-order valence-electron chi connectivity index (χ2n) is 8.41. The van der Waals surface area contributed by atoms with Crippen LogP contribution in [0.25, 0.3) is 17.1 Å². The minimum atomic E-state index is -4.57. The van der Waals surface area contributed by atoms with Crippen LogP contribution in [-0.2, 0) is 26.7 Å². The van der Waals surface area contributed by atoms with Crippen LogP contribution in [0.2, 0.25) is 0 Å². The number of hydrogen-bond acceptors (Lipinski definition) is 4. The molecule has 0 aliphatic carbocycles. The van der Waals surface area contributed by atoms with E-state index in [4.69, 9.17) is 0 Å². The van der Waals surface area contributed by atoms with E-state index in [9.17, 15) is 22.4 Å². The molecule has 4 aromatic rings. The van der Waals surface area contributed by atoms with Crippen LogP contribution in [0.15, 0.2) is 42.7 Å². The normalized spacial score (nSPS) is 16.0. The lowest BCUT2D eigenvalue weighted by molar-refractivity contribution is -0.141. The third kappa shape index (κ3) is 3.78. The van der Waals surface area contributed by atoms with Gasteiger partial charge in [0.05, 0.1) is 34.4 Å². The number of alkyl halides is 3. The molecule has 1 atom stereocenters. The Kier molecular flexibility index (Phi) is 5.26.